The van der Waals surface area contributed by atoms with Crippen LogP contribution in [0, 0.1) is 28.6 Å². The summed E-state index contributed by atoms with van der Waals surface area (Å²) in [5.74, 6) is 1.36. The molecular formula is C25H37O8P. The highest BCUT2D eigenvalue weighted by atomic mass is 31.2. The molecule has 8 atom stereocenters. The third-order valence-electron chi connectivity index (χ3n) is 10.5. The third-order valence-corrected chi connectivity index (χ3v) is 10.9. The summed E-state index contributed by atoms with van der Waals surface area (Å²) in [4.78, 5) is 29.3. The number of ether oxygens (including phenoxy) is 1. The molecule has 9 heteroatoms. The van der Waals surface area contributed by atoms with Gasteiger partial charge in [-0.15, -0.1) is 0 Å². The number of aliphatic hydroxyl groups is 1. The molecule has 4 aliphatic carbocycles. The molecule has 0 aromatic carbocycles. The molecule has 190 valence electrons. The Morgan fingerprint density at radius 3 is 2.56 bits per heavy atom. The van der Waals surface area contributed by atoms with Crippen LogP contribution in [0.4, 0.5) is 0 Å². The summed E-state index contributed by atoms with van der Waals surface area (Å²) >= 11 is 0. The number of rotatable bonds is 5. The molecule has 5 rings (SSSR count). The van der Waals surface area contributed by atoms with Crippen molar-refractivity contribution in [3.05, 3.63) is 34.4 Å². The van der Waals surface area contributed by atoms with Gasteiger partial charge in [-0.1, -0.05) is 13.8 Å². The van der Waals surface area contributed by atoms with Gasteiger partial charge in [0, 0.05) is 11.5 Å². The zero-order valence-electron chi connectivity index (χ0n) is 20.0. The van der Waals surface area contributed by atoms with Crippen LogP contribution in [0.3, 0.4) is 0 Å². The smallest absolute Gasteiger partial charge is 0.431 e. The van der Waals surface area contributed by atoms with Gasteiger partial charge in [0.25, 0.3) is 0 Å². The van der Waals surface area contributed by atoms with Crippen molar-refractivity contribution in [3.63, 3.8) is 0 Å². The van der Waals surface area contributed by atoms with Crippen LogP contribution in [0.1, 0.15) is 83.1 Å². The summed E-state index contributed by atoms with van der Waals surface area (Å²) in [7, 11) is -4.52. The summed E-state index contributed by atoms with van der Waals surface area (Å²) in [6.07, 6.45) is 9.95. The van der Waals surface area contributed by atoms with Gasteiger partial charge in [-0.05, 0) is 98.5 Å². The fourth-order valence-corrected chi connectivity index (χ4v) is 8.83. The first-order chi connectivity index (χ1) is 16.0. The van der Waals surface area contributed by atoms with E-state index in [9.17, 15) is 14.5 Å². The zero-order chi connectivity index (χ0) is 24.4. The Bertz CT molecular complexity index is 1000. The maximum Gasteiger partial charge on any atom is 0.471 e. The van der Waals surface area contributed by atoms with Gasteiger partial charge in [-0.2, -0.15) is 0 Å². The Morgan fingerprint density at radius 2 is 1.85 bits per heavy atom. The van der Waals surface area contributed by atoms with Crippen LogP contribution in [-0.2, 0) is 13.8 Å². The molecule has 1 heterocycles. The lowest BCUT2D eigenvalue weighted by atomic mass is 9.43. The first-order valence-corrected chi connectivity index (χ1v) is 14.1. The predicted octanol–water partition coefficient (Wildman–Crippen LogP) is 4.33. The molecular weight excluding hydrogens is 459 g/mol. The van der Waals surface area contributed by atoms with Crippen LogP contribution < -0.4 is 5.63 Å². The van der Waals surface area contributed by atoms with E-state index in [1.807, 2.05) is 6.07 Å². The van der Waals surface area contributed by atoms with Gasteiger partial charge < -0.3 is 24.0 Å². The first-order valence-electron chi connectivity index (χ1n) is 12.6. The van der Waals surface area contributed by atoms with Crippen LogP contribution >= 0.6 is 7.82 Å². The lowest BCUT2D eigenvalue weighted by Gasteiger charge is -2.63. The molecule has 8 nitrogen and oxygen atoms in total. The molecule has 0 unspecified atom stereocenters. The van der Waals surface area contributed by atoms with Crippen molar-refractivity contribution < 1.29 is 33.1 Å². The van der Waals surface area contributed by atoms with Crippen molar-refractivity contribution >= 4 is 7.82 Å². The van der Waals surface area contributed by atoms with E-state index in [1.54, 1.807) is 6.26 Å². The molecule has 0 amide bonds. The van der Waals surface area contributed by atoms with E-state index in [4.69, 9.17) is 18.9 Å². The zero-order valence-corrected chi connectivity index (χ0v) is 20.9. The van der Waals surface area contributed by atoms with Crippen LogP contribution in [0.25, 0.3) is 0 Å². The number of phosphoric acid groups is 1. The Morgan fingerprint density at radius 1 is 1.06 bits per heavy atom. The molecule has 1 aromatic heterocycles. The predicted molar refractivity (Wildman–Crippen MR) is 124 cm³/mol. The lowest BCUT2D eigenvalue weighted by molar-refractivity contribution is -0.209. The molecule has 0 radical (unpaired) electrons. The maximum atomic E-state index is 12.3. The van der Waals surface area contributed by atoms with Gasteiger partial charge in [0.05, 0.1) is 18.0 Å². The molecule has 1 aromatic rings. The summed E-state index contributed by atoms with van der Waals surface area (Å²) in [5.41, 5.74) is -0.162. The van der Waals surface area contributed by atoms with Crippen LogP contribution in [-0.4, -0.2) is 33.4 Å². The summed E-state index contributed by atoms with van der Waals surface area (Å²) in [6.45, 7) is 4.25. The highest BCUT2D eigenvalue weighted by molar-refractivity contribution is 7.46. The first kappa shape index (κ1) is 24.7. The minimum absolute atomic E-state index is 0.0540. The molecule has 4 fully saturated rings. The van der Waals surface area contributed by atoms with Crippen LogP contribution in [0.2, 0.25) is 0 Å². The van der Waals surface area contributed by atoms with Gasteiger partial charge in [-0.3, -0.25) is 4.52 Å². The van der Waals surface area contributed by atoms with Crippen LogP contribution in [0.5, 0.6) is 0 Å². The highest BCUT2D eigenvalue weighted by Crippen LogP contribution is 2.70. The molecule has 34 heavy (non-hydrogen) atoms. The van der Waals surface area contributed by atoms with Crippen molar-refractivity contribution in [1.82, 2.24) is 0 Å². The van der Waals surface area contributed by atoms with Crippen molar-refractivity contribution in [2.24, 2.45) is 28.6 Å². The standard InChI is InChI=1S/C25H37O8P/c1-23-10-7-18(32-15-33-34(28,29)30)13-17(23)4-5-21-20(23)8-11-24(2)19(9-12-25(21,24)27)16-3-6-22(26)31-14-16/h3,6,14,17-21,27H,4-5,7-13,15H2,1-2H3,(H2,28,29,30)/t17-,18+,19-,20+,21-,23+,24-,25+/m1/s1. The largest absolute Gasteiger partial charge is 0.471 e. The molecule has 4 aliphatic rings. The normalized spacial score (nSPS) is 44.2. The molecule has 0 aliphatic heterocycles. The highest BCUT2D eigenvalue weighted by Gasteiger charge is 2.67. The molecule has 0 saturated heterocycles. The summed E-state index contributed by atoms with van der Waals surface area (Å²) in [6, 6.07) is 3.36. The molecule has 3 N–H and O–H groups in total. The third kappa shape index (κ3) is 3.95. The Hall–Kier alpha value is -1.02. The second kappa shape index (κ2) is 8.53. The fraction of sp³-hybridized carbons (Fsp3) is 0.800. The molecule has 4 saturated carbocycles. The Kier molecular flexibility index (Phi) is 6.19. The minimum atomic E-state index is -4.52. The topological polar surface area (TPSA) is 126 Å². The number of phosphoric ester groups is 1. The van der Waals surface area contributed by atoms with E-state index in [2.05, 4.69) is 18.4 Å². The fourth-order valence-electron chi connectivity index (χ4n) is 8.63. The average molecular weight is 497 g/mol. The SMILES string of the molecule is C[C@]12CC[C@H](OCOP(=O)(O)O)C[C@H]1CC[C@@H]1[C@@H]2CC[C@]2(C)[C@@H](c3ccc(=O)oc3)CC[C@]12O. The van der Waals surface area contributed by atoms with E-state index in [-0.39, 0.29) is 41.2 Å². The second-order valence-corrected chi connectivity index (χ2v) is 12.9. The molecule has 0 spiro atoms. The van der Waals surface area contributed by atoms with Gasteiger partial charge >= 0.3 is 13.4 Å². The Balaban J connectivity index is 1.32. The van der Waals surface area contributed by atoms with Crippen LogP contribution in [0.15, 0.2) is 27.6 Å². The van der Waals surface area contributed by atoms with Crippen molar-refractivity contribution in [2.45, 2.75) is 89.3 Å². The summed E-state index contributed by atoms with van der Waals surface area (Å²) in [5, 5.41) is 12.3. The van der Waals surface area contributed by atoms with E-state index in [1.165, 1.54) is 6.07 Å². The van der Waals surface area contributed by atoms with Gasteiger partial charge in [0.1, 0.15) is 0 Å². The quantitative estimate of drug-likeness (QED) is 0.406. The van der Waals surface area contributed by atoms with Crippen molar-refractivity contribution in [3.8, 4) is 0 Å². The van der Waals surface area contributed by atoms with E-state index >= 15 is 0 Å². The van der Waals surface area contributed by atoms with Crippen molar-refractivity contribution in [2.75, 3.05) is 6.79 Å². The molecule has 0 bridgehead atoms. The van der Waals surface area contributed by atoms with E-state index in [0.717, 1.165) is 63.4 Å². The minimum Gasteiger partial charge on any atom is -0.431 e. The maximum absolute atomic E-state index is 12.3. The summed E-state index contributed by atoms with van der Waals surface area (Å²) < 4.78 is 26.3. The van der Waals surface area contributed by atoms with Crippen molar-refractivity contribution in [1.29, 1.82) is 0 Å². The van der Waals surface area contributed by atoms with Gasteiger partial charge in [0.15, 0.2) is 6.79 Å². The lowest BCUT2D eigenvalue weighted by Crippen LogP contribution is -2.62. The van der Waals surface area contributed by atoms with Gasteiger partial charge in [0.2, 0.25) is 0 Å². The Labute approximate surface area is 200 Å². The van der Waals surface area contributed by atoms with E-state index in [0.29, 0.717) is 11.8 Å². The second-order valence-electron chi connectivity index (χ2n) is 11.7. The number of hydrogen-bond acceptors (Lipinski definition) is 6. The van der Waals surface area contributed by atoms with Gasteiger partial charge in [-0.25, -0.2) is 9.36 Å². The number of fused-ring (bicyclic) bond motifs is 5. The average Bonchev–Trinajstić information content (AvgIpc) is 3.05. The van der Waals surface area contributed by atoms with E-state index < -0.39 is 13.4 Å². The number of hydrogen-bond donors (Lipinski definition) is 3. The monoisotopic (exact) mass is 496 g/mol.